The Labute approximate surface area is 219 Å². The minimum Gasteiger partial charge on any atom is -0.493 e. The molecule has 0 aliphatic heterocycles. The molecule has 0 radical (unpaired) electrons. The number of hydrogen-bond donors (Lipinski definition) is 0. The predicted octanol–water partition coefficient (Wildman–Crippen LogP) is 9.43. The molecule has 0 aliphatic carbocycles. The zero-order valence-corrected chi connectivity index (χ0v) is 21.1. The molecule has 4 rings (SSSR count). The van der Waals surface area contributed by atoms with Gasteiger partial charge in [0, 0.05) is 17.0 Å². The van der Waals surface area contributed by atoms with Gasteiger partial charge in [0.1, 0.15) is 23.1 Å². The lowest BCUT2D eigenvalue weighted by Crippen LogP contribution is -2.17. The first-order valence-corrected chi connectivity index (χ1v) is 12.7. The van der Waals surface area contributed by atoms with Crippen LogP contribution in [0.4, 0.5) is 22.0 Å². The predicted molar refractivity (Wildman–Crippen MR) is 139 cm³/mol. The van der Waals surface area contributed by atoms with E-state index in [0.29, 0.717) is 52.7 Å². The molecule has 0 aromatic heterocycles. The van der Waals surface area contributed by atoms with Crippen molar-refractivity contribution in [3.63, 3.8) is 0 Å². The van der Waals surface area contributed by atoms with E-state index < -0.39 is 12.2 Å². The van der Waals surface area contributed by atoms with Crippen molar-refractivity contribution in [1.29, 1.82) is 0 Å². The summed E-state index contributed by atoms with van der Waals surface area (Å²) in [5, 5.41) is 1.07. The molecule has 0 spiro atoms. The first-order chi connectivity index (χ1) is 18.2. The maximum atomic E-state index is 15.2. The highest BCUT2D eigenvalue weighted by atomic mass is 19.4. The van der Waals surface area contributed by atoms with Crippen LogP contribution in [0.5, 0.6) is 11.5 Å². The molecule has 0 saturated carbocycles. The van der Waals surface area contributed by atoms with Crippen LogP contribution >= 0.6 is 0 Å². The SMILES string of the molecule is CCCCCCOc1ccc(-c2ccc3c(F)c(CCc4ccc(OC(F)(F)F)cc4)ccc3c2)c(F)c1. The minimum absolute atomic E-state index is 0.296. The van der Waals surface area contributed by atoms with Crippen molar-refractivity contribution in [1.82, 2.24) is 0 Å². The first-order valence-electron chi connectivity index (χ1n) is 12.7. The van der Waals surface area contributed by atoms with Gasteiger partial charge in [0.15, 0.2) is 0 Å². The summed E-state index contributed by atoms with van der Waals surface area (Å²) < 4.78 is 76.6. The van der Waals surface area contributed by atoms with Crippen molar-refractivity contribution in [3.8, 4) is 22.6 Å². The molecule has 0 saturated heterocycles. The Bertz CT molecular complexity index is 1360. The summed E-state index contributed by atoms with van der Waals surface area (Å²) >= 11 is 0. The molecule has 2 nitrogen and oxygen atoms in total. The summed E-state index contributed by atoms with van der Waals surface area (Å²) in [5.74, 6) is -0.575. The van der Waals surface area contributed by atoms with Crippen LogP contribution in [0.25, 0.3) is 21.9 Å². The van der Waals surface area contributed by atoms with Crippen LogP contribution in [0.2, 0.25) is 0 Å². The number of hydrogen-bond acceptors (Lipinski definition) is 2. The van der Waals surface area contributed by atoms with Gasteiger partial charge in [-0.3, -0.25) is 0 Å². The number of unbranched alkanes of at least 4 members (excludes halogenated alkanes) is 3. The van der Waals surface area contributed by atoms with Crippen LogP contribution in [0.3, 0.4) is 0 Å². The van der Waals surface area contributed by atoms with Crippen LogP contribution in [-0.4, -0.2) is 13.0 Å². The summed E-state index contributed by atoms with van der Waals surface area (Å²) in [6, 6.07) is 18.9. The summed E-state index contributed by atoms with van der Waals surface area (Å²) in [6.07, 6.45) is 0.384. The van der Waals surface area contributed by atoms with E-state index in [1.54, 1.807) is 42.5 Å². The molecule has 4 aromatic rings. The fourth-order valence-electron chi connectivity index (χ4n) is 4.37. The molecule has 0 unspecified atom stereocenters. The number of alkyl halides is 3. The number of halogens is 5. The van der Waals surface area contributed by atoms with E-state index >= 15 is 4.39 Å². The smallest absolute Gasteiger partial charge is 0.493 e. The van der Waals surface area contributed by atoms with Gasteiger partial charge in [-0.2, -0.15) is 0 Å². The van der Waals surface area contributed by atoms with E-state index in [-0.39, 0.29) is 11.6 Å². The Morgan fingerprint density at radius 3 is 2.21 bits per heavy atom. The highest BCUT2D eigenvalue weighted by molar-refractivity contribution is 5.88. The number of fused-ring (bicyclic) bond motifs is 1. The lowest BCUT2D eigenvalue weighted by Gasteiger charge is -2.11. The number of aryl methyl sites for hydroxylation is 2. The fourth-order valence-corrected chi connectivity index (χ4v) is 4.37. The first kappa shape index (κ1) is 27.4. The van der Waals surface area contributed by atoms with E-state index in [0.717, 1.165) is 31.2 Å². The van der Waals surface area contributed by atoms with Crippen molar-refractivity contribution in [2.24, 2.45) is 0 Å². The fraction of sp³-hybridized carbons (Fsp3) is 0.290. The zero-order valence-electron chi connectivity index (χ0n) is 21.1. The maximum absolute atomic E-state index is 15.2. The molecule has 0 bridgehead atoms. The van der Waals surface area contributed by atoms with Gasteiger partial charge >= 0.3 is 6.36 Å². The molecular formula is C31H29F5O2. The van der Waals surface area contributed by atoms with Crippen LogP contribution in [0, 0.1) is 11.6 Å². The van der Waals surface area contributed by atoms with Gasteiger partial charge in [-0.1, -0.05) is 62.6 Å². The Hall–Kier alpha value is -3.61. The van der Waals surface area contributed by atoms with Crippen molar-refractivity contribution in [3.05, 3.63) is 95.6 Å². The van der Waals surface area contributed by atoms with Crippen molar-refractivity contribution in [2.45, 2.75) is 51.8 Å². The summed E-state index contributed by atoms with van der Waals surface area (Å²) in [5.41, 5.74) is 2.30. The molecule has 0 atom stereocenters. The minimum atomic E-state index is -4.74. The van der Waals surface area contributed by atoms with Crippen molar-refractivity contribution < 1.29 is 31.4 Å². The normalized spacial score (nSPS) is 11.6. The van der Waals surface area contributed by atoms with Gasteiger partial charge in [0.2, 0.25) is 0 Å². The van der Waals surface area contributed by atoms with Crippen LogP contribution < -0.4 is 9.47 Å². The van der Waals surface area contributed by atoms with Crippen molar-refractivity contribution >= 4 is 10.8 Å². The van der Waals surface area contributed by atoms with Gasteiger partial charge in [0.05, 0.1) is 6.61 Å². The average molecular weight is 529 g/mol. The van der Waals surface area contributed by atoms with E-state index in [4.69, 9.17) is 4.74 Å². The Balaban J connectivity index is 1.43. The lowest BCUT2D eigenvalue weighted by molar-refractivity contribution is -0.274. The Kier molecular flexibility index (Phi) is 8.87. The van der Waals surface area contributed by atoms with Crippen LogP contribution in [0.15, 0.2) is 72.8 Å². The van der Waals surface area contributed by atoms with Crippen molar-refractivity contribution in [2.75, 3.05) is 6.61 Å². The third-order valence-electron chi connectivity index (χ3n) is 6.39. The molecule has 0 N–H and O–H groups in total. The van der Waals surface area contributed by atoms with E-state index in [1.807, 2.05) is 0 Å². The van der Waals surface area contributed by atoms with Crippen LogP contribution in [0.1, 0.15) is 43.7 Å². The lowest BCUT2D eigenvalue weighted by atomic mass is 9.97. The Morgan fingerprint density at radius 2 is 1.50 bits per heavy atom. The third kappa shape index (κ3) is 7.24. The highest BCUT2D eigenvalue weighted by Gasteiger charge is 2.30. The second kappa shape index (κ2) is 12.3. The third-order valence-corrected chi connectivity index (χ3v) is 6.39. The second-order valence-corrected chi connectivity index (χ2v) is 9.22. The van der Waals surface area contributed by atoms with Crippen LogP contribution in [-0.2, 0) is 12.8 Å². The molecule has 0 heterocycles. The Morgan fingerprint density at radius 1 is 0.737 bits per heavy atom. The highest BCUT2D eigenvalue weighted by Crippen LogP contribution is 2.31. The molecule has 0 aliphatic rings. The standard InChI is InChI=1S/C31H29F5O2/c1-2-3-4-5-18-37-26-15-17-27(29(32)20-26)23-12-16-28-24(19-23)11-10-22(30(28)33)9-6-21-7-13-25(14-8-21)38-31(34,35)36/h7-8,10-17,19-20H,2-6,9,18H2,1H3. The van der Waals surface area contributed by atoms with E-state index in [1.165, 1.54) is 30.3 Å². The number of rotatable bonds is 11. The van der Waals surface area contributed by atoms with Gasteiger partial charge in [0.25, 0.3) is 0 Å². The van der Waals surface area contributed by atoms with E-state index in [2.05, 4.69) is 11.7 Å². The topological polar surface area (TPSA) is 18.5 Å². The summed E-state index contributed by atoms with van der Waals surface area (Å²) in [7, 11) is 0. The van der Waals surface area contributed by atoms with Gasteiger partial charge < -0.3 is 9.47 Å². The zero-order chi connectivity index (χ0) is 27.1. The molecule has 4 aromatic carbocycles. The number of ether oxygens (including phenoxy) is 2. The average Bonchev–Trinajstić information content (AvgIpc) is 2.88. The largest absolute Gasteiger partial charge is 0.573 e. The molecule has 0 fully saturated rings. The van der Waals surface area contributed by atoms with Gasteiger partial charge in [-0.25, -0.2) is 8.78 Å². The summed E-state index contributed by atoms with van der Waals surface area (Å²) in [6.45, 7) is 2.69. The van der Waals surface area contributed by atoms with Gasteiger partial charge in [-0.15, -0.1) is 13.2 Å². The quantitative estimate of drug-likeness (QED) is 0.143. The molecule has 7 heteroatoms. The van der Waals surface area contributed by atoms with Gasteiger partial charge in [-0.05, 0) is 71.7 Å². The molecule has 200 valence electrons. The molecule has 38 heavy (non-hydrogen) atoms. The molecule has 0 amide bonds. The second-order valence-electron chi connectivity index (χ2n) is 9.22. The maximum Gasteiger partial charge on any atom is 0.573 e. The number of benzene rings is 4. The monoisotopic (exact) mass is 528 g/mol. The van der Waals surface area contributed by atoms with E-state index in [9.17, 15) is 17.6 Å². The molecular weight excluding hydrogens is 499 g/mol. The summed E-state index contributed by atoms with van der Waals surface area (Å²) in [4.78, 5) is 0.